The Morgan fingerprint density at radius 2 is 1.79 bits per heavy atom. The van der Waals surface area contributed by atoms with Crippen molar-refractivity contribution in [2.45, 2.75) is 33.0 Å². The number of morpholine rings is 2. The zero-order chi connectivity index (χ0) is 16.7. The van der Waals surface area contributed by atoms with Crippen LogP contribution in [0, 0.1) is 6.92 Å². The third-order valence-electron chi connectivity index (χ3n) is 4.60. The van der Waals surface area contributed by atoms with Crippen LogP contribution in [0.2, 0.25) is 0 Å². The fourth-order valence-corrected chi connectivity index (χ4v) is 3.61. The normalized spacial score (nSPS) is 25.5. The molecule has 2 aliphatic heterocycles. The Morgan fingerprint density at radius 1 is 1.08 bits per heavy atom. The lowest BCUT2D eigenvalue weighted by atomic mass is 10.2. The van der Waals surface area contributed by atoms with E-state index in [4.69, 9.17) is 19.4 Å². The molecule has 4 rings (SSSR count). The SMILES string of the molecule is Cc1cc2c(N3CC(C)OC(C)C3)nc(N3CCOCC3)nc2[nH]1. The molecule has 2 aliphatic rings. The Hall–Kier alpha value is -1.86. The van der Waals surface area contributed by atoms with Gasteiger partial charge >= 0.3 is 0 Å². The molecule has 0 amide bonds. The highest BCUT2D eigenvalue weighted by Crippen LogP contribution is 2.29. The van der Waals surface area contributed by atoms with Gasteiger partial charge in [-0.05, 0) is 26.8 Å². The molecular formula is C17H25N5O2. The summed E-state index contributed by atoms with van der Waals surface area (Å²) >= 11 is 0. The zero-order valence-corrected chi connectivity index (χ0v) is 14.6. The molecule has 0 bridgehead atoms. The van der Waals surface area contributed by atoms with E-state index in [0.29, 0.717) is 0 Å². The summed E-state index contributed by atoms with van der Waals surface area (Å²) in [4.78, 5) is 17.6. The van der Waals surface area contributed by atoms with E-state index in [1.807, 2.05) is 0 Å². The molecule has 1 N–H and O–H groups in total. The standard InChI is InChI=1S/C17H25N5O2/c1-11-8-14-15(18-11)19-17(21-4-6-23-7-5-21)20-16(14)22-9-12(2)24-13(3)10-22/h8,12-13H,4-7,9-10H2,1-3H3,(H,18,19,20). The Labute approximate surface area is 142 Å². The largest absolute Gasteiger partial charge is 0.378 e. The Kier molecular flexibility index (Phi) is 4.05. The van der Waals surface area contributed by atoms with E-state index in [0.717, 1.165) is 67.9 Å². The molecule has 4 heterocycles. The fourth-order valence-electron chi connectivity index (χ4n) is 3.61. The molecule has 0 aliphatic carbocycles. The van der Waals surface area contributed by atoms with Crippen LogP contribution in [0.1, 0.15) is 19.5 Å². The second-order valence-corrected chi connectivity index (χ2v) is 6.82. The Bertz CT molecular complexity index is 715. The van der Waals surface area contributed by atoms with Gasteiger partial charge in [-0.3, -0.25) is 0 Å². The minimum Gasteiger partial charge on any atom is -0.378 e. The molecule has 0 radical (unpaired) electrons. The van der Waals surface area contributed by atoms with E-state index in [2.05, 4.69) is 41.6 Å². The van der Waals surface area contributed by atoms with Crippen molar-refractivity contribution in [2.24, 2.45) is 0 Å². The smallest absolute Gasteiger partial charge is 0.229 e. The van der Waals surface area contributed by atoms with E-state index in [1.165, 1.54) is 0 Å². The minimum absolute atomic E-state index is 0.200. The Balaban J connectivity index is 1.77. The quantitative estimate of drug-likeness (QED) is 0.904. The van der Waals surface area contributed by atoms with Crippen LogP contribution in [0.4, 0.5) is 11.8 Å². The maximum absolute atomic E-state index is 5.88. The summed E-state index contributed by atoms with van der Waals surface area (Å²) in [6.07, 6.45) is 0.399. The number of aromatic amines is 1. The van der Waals surface area contributed by atoms with Crippen LogP contribution >= 0.6 is 0 Å². The number of anilines is 2. The number of nitrogens with zero attached hydrogens (tertiary/aromatic N) is 4. The molecule has 0 aromatic carbocycles. The van der Waals surface area contributed by atoms with Crippen molar-refractivity contribution >= 4 is 22.8 Å². The number of ether oxygens (including phenoxy) is 2. The molecule has 130 valence electrons. The summed E-state index contributed by atoms with van der Waals surface area (Å²) in [7, 11) is 0. The van der Waals surface area contributed by atoms with Crippen LogP contribution in [-0.2, 0) is 9.47 Å². The van der Waals surface area contributed by atoms with Gasteiger partial charge in [0.05, 0.1) is 30.8 Å². The van der Waals surface area contributed by atoms with Gasteiger partial charge in [-0.1, -0.05) is 0 Å². The highest BCUT2D eigenvalue weighted by atomic mass is 16.5. The van der Waals surface area contributed by atoms with Gasteiger partial charge in [0.15, 0.2) is 0 Å². The molecule has 24 heavy (non-hydrogen) atoms. The lowest BCUT2D eigenvalue weighted by Gasteiger charge is -2.37. The number of aryl methyl sites for hydroxylation is 1. The van der Waals surface area contributed by atoms with E-state index in [9.17, 15) is 0 Å². The van der Waals surface area contributed by atoms with Crippen LogP contribution in [0.3, 0.4) is 0 Å². The highest BCUT2D eigenvalue weighted by molar-refractivity contribution is 5.89. The molecule has 2 aromatic heterocycles. The number of hydrogen-bond donors (Lipinski definition) is 1. The monoisotopic (exact) mass is 331 g/mol. The van der Waals surface area contributed by atoms with Crippen LogP contribution in [0.15, 0.2) is 6.07 Å². The predicted molar refractivity (Wildman–Crippen MR) is 93.9 cm³/mol. The number of hydrogen-bond acceptors (Lipinski definition) is 6. The van der Waals surface area contributed by atoms with Gasteiger partial charge in [-0.2, -0.15) is 9.97 Å². The molecular weight excluding hydrogens is 306 g/mol. The number of fused-ring (bicyclic) bond motifs is 1. The number of H-pyrrole nitrogens is 1. The van der Waals surface area contributed by atoms with Crippen molar-refractivity contribution in [3.63, 3.8) is 0 Å². The van der Waals surface area contributed by atoms with Crippen molar-refractivity contribution < 1.29 is 9.47 Å². The first-order valence-electron chi connectivity index (χ1n) is 8.70. The molecule has 2 atom stereocenters. The van der Waals surface area contributed by atoms with Gasteiger partial charge in [-0.15, -0.1) is 0 Å². The summed E-state index contributed by atoms with van der Waals surface area (Å²) < 4.78 is 11.3. The molecule has 7 heteroatoms. The average Bonchev–Trinajstić information content (AvgIpc) is 2.94. The predicted octanol–water partition coefficient (Wildman–Crippen LogP) is 1.72. The van der Waals surface area contributed by atoms with E-state index in [1.54, 1.807) is 0 Å². The van der Waals surface area contributed by atoms with Crippen molar-refractivity contribution in [3.05, 3.63) is 11.8 Å². The third kappa shape index (κ3) is 2.93. The lowest BCUT2D eigenvalue weighted by molar-refractivity contribution is -0.00536. The summed E-state index contributed by atoms with van der Waals surface area (Å²) in [5, 5.41) is 1.09. The Morgan fingerprint density at radius 3 is 2.50 bits per heavy atom. The van der Waals surface area contributed by atoms with E-state index < -0.39 is 0 Å². The van der Waals surface area contributed by atoms with Gasteiger partial charge < -0.3 is 24.3 Å². The third-order valence-corrected chi connectivity index (χ3v) is 4.60. The average molecular weight is 331 g/mol. The summed E-state index contributed by atoms with van der Waals surface area (Å²) in [5.74, 6) is 1.79. The summed E-state index contributed by atoms with van der Waals surface area (Å²) in [6, 6.07) is 2.14. The molecule has 2 saturated heterocycles. The van der Waals surface area contributed by atoms with Gasteiger partial charge in [-0.25, -0.2) is 0 Å². The number of rotatable bonds is 2. The van der Waals surface area contributed by atoms with Gasteiger partial charge in [0, 0.05) is 31.9 Å². The summed E-state index contributed by atoms with van der Waals surface area (Å²) in [5.41, 5.74) is 2.01. The van der Waals surface area contributed by atoms with Crippen LogP contribution in [0.5, 0.6) is 0 Å². The highest BCUT2D eigenvalue weighted by Gasteiger charge is 2.26. The first-order chi connectivity index (χ1) is 11.6. The molecule has 2 fully saturated rings. The maximum atomic E-state index is 5.88. The molecule has 0 spiro atoms. The van der Waals surface area contributed by atoms with Crippen LogP contribution < -0.4 is 9.80 Å². The van der Waals surface area contributed by atoms with E-state index >= 15 is 0 Å². The zero-order valence-electron chi connectivity index (χ0n) is 14.6. The summed E-state index contributed by atoms with van der Waals surface area (Å²) in [6.45, 7) is 11.1. The van der Waals surface area contributed by atoms with E-state index in [-0.39, 0.29) is 12.2 Å². The molecule has 2 unspecified atom stereocenters. The first kappa shape index (κ1) is 15.7. The topological polar surface area (TPSA) is 66.5 Å². The number of nitrogens with one attached hydrogen (secondary N) is 1. The maximum Gasteiger partial charge on any atom is 0.229 e. The minimum atomic E-state index is 0.200. The van der Waals surface area contributed by atoms with Crippen molar-refractivity contribution in [2.75, 3.05) is 49.2 Å². The second-order valence-electron chi connectivity index (χ2n) is 6.82. The first-order valence-corrected chi connectivity index (χ1v) is 8.70. The van der Waals surface area contributed by atoms with Gasteiger partial charge in [0.25, 0.3) is 0 Å². The van der Waals surface area contributed by atoms with Crippen LogP contribution in [-0.4, -0.2) is 66.6 Å². The number of aromatic nitrogens is 3. The van der Waals surface area contributed by atoms with Crippen molar-refractivity contribution in [1.82, 2.24) is 15.0 Å². The fraction of sp³-hybridized carbons (Fsp3) is 0.647. The molecule has 0 saturated carbocycles. The lowest BCUT2D eigenvalue weighted by Crippen LogP contribution is -2.46. The van der Waals surface area contributed by atoms with Crippen molar-refractivity contribution in [1.29, 1.82) is 0 Å². The molecule has 7 nitrogen and oxygen atoms in total. The van der Waals surface area contributed by atoms with Gasteiger partial charge in [0.1, 0.15) is 11.5 Å². The van der Waals surface area contributed by atoms with Crippen molar-refractivity contribution in [3.8, 4) is 0 Å². The van der Waals surface area contributed by atoms with Gasteiger partial charge in [0.2, 0.25) is 5.95 Å². The molecule has 2 aromatic rings. The van der Waals surface area contributed by atoms with Crippen LogP contribution in [0.25, 0.3) is 11.0 Å². The second kappa shape index (κ2) is 6.22.